The van der Waals surface area contributed by atoms with Gasteiger partial charge in [-0.15, -0.1) is 0 Å². The van der Waals surface area contributed by atoms with Crippen LogP contribution in [0.4, 0.5) is 13.2 Å². The summed E-state index contributed by atoms with van der Waals surface area (Å²) < 4.78 is 65.4. The van der Waals surface area contributed by atoms with Crippen LogP contribution in [0.1, 0.15) is 56.9 Å². The van der Waals surface area contributed by atoms with Crippen molar-refractivity contribution in [1.29, 1.82) is 0 Å². The number of likely N-dealkylation sites (tertiary alicyclic amines) is 1. The van der Waals surface area contributed by atoms with Crippen LogP contribution in [0.25, 0.3) is 0 Å². The highest BCUT2D eigenvalue weighted by molar-refractivity contribution is 7.92. The van der Waals surface area contributed by atoms with Gasteiger partial charge in [-0.2, -0.15) is 0 Å². The molecule has 0 radical (unpaired) electrons. The van der Waals surface area contributed by atoms with Crippen LogP contribution in [-0.2, 0) is 21.1 Å². The standard InChI is InChI=1S/C22H31F3N2O3S/c23-18-14-20(25)19(24)12-16(18)13-21(26)15-6-9-27(10-7-15)22(28)8-11-31(29,30)17-4-2-1-3-5-17/h12,14-15,17,21H,1-11,13,26H2. The van der Waals surface area contributed by atoms with Crippen LogP contribution in [0, 0.1) is 23.4 Å². The van der Waals surface area contributed by atoms with E-state index in [1.165, 1.54) is 0 Å². The molecule has 2 aliphatic rings. The summed E-state index contributed by atoms with van der Waals surface area (Å²) in [6.07, 6.45) is 5.61. The summed E-state index contributed by atoms with van der Waals surface area (Å²) in [7, 11) is -3.25. The lowest BCUT2D eigenvalue weighted by Gasteiger charge is -2.35. The van der Waals surface area contributed by atoms with E-state index in [9.17, 15) is 26.4 Å². The highest BCUT2D eigenvalue weighted by atomic mass is 32.2. The number of rotatable bonds is 7. The van der Waals surface area contributed by atoms with E-state index in [1.807, 2.05) is 0 Å². The number of piperidine rings is 1. The molecule has 1 aromatic carbocycles. The predicted octanol–water partition coefficient (Wildman–Crippen LogP) is 3.35. The molecule has 1 aromatic rings. The summed E-state index contributed by atoms with van der Waals surface area (Å²) in [6, 6.07) is 0.930. The first-order chi connectivity index (χ1) is 14.7. The van der Waals surface area contributed by atoms with Crippen molar-refractivity contribution >= 4 is 15.7 Å². The van der Waals surface area contributed by atoms with Gasteiger partial charge in [0.1, 0.15) is 5.82 Å². The van der Waals surface area contributed by atoms with Gasteiger partial charge in [-0.05, 0) is 49.7 Å². The second kappa shape index (κ2) is 10.3. The number of amides is 1. The minimum absolute atomic E-state index is 0.00434. The highest BCUT2D eigenvalue weighted by Crippen LogP contribution is 2.26. The van der Waals surface area contributed by atoms with Crippen LogP contribution in [0.3, 0.4) is 0 Å². The van der Waals surface area contributed by atoms with Gasteiger partial charge in [0.05, 0.1) is 11.0 Å². The lowest BCUT2D eigenvalue weighted by atomic mass is 9.86. The van der Waals surface area contributed by atoms with Crippen LogP contribution in [0.15, 0.2) is 12.1 Å². The van der Waals surface area contributed by atoms with Crippen molar-refractivity contribution in [3.63, 3.8) is 0 Å². The third kappa shape index (κ3) is 6.22. The number of carbonyl (C=O) groups is 1. The molecule has 1 heterocycles. The van der Waals surface area contributed by atoms with E-state index < -0.39 is 33.3 Å². The maximum atomic E-state index is 13.9. The van der Waals surface area contributed by atoms with Crippen molar-refractivity contribution < 1.29 is 26.4 Å². The molecule has 0 aromatic heterocycles. The Bertz CT molecular complexity index is 880. The molecule has 2 N–H and O–H groups in total. The second-order valence-electron chi connectivity index (χ2n) is 8.82. The van der Waals surface area contributed by atoms with Gasteiger partial charge in [-0.25, -0.2) is 21.6 Å². The van der Waals surface area contributed by atoms with Crippen molar-refractivity contribution in [2.24, 2.45) is 11.7 Å². The first-order valence-electron chi connectivity index (χ1n) is 11.1. The van der Waals surface area contributed by atoms with Crippen LogP contribution in [0.5, 0.6) is 0 Å². The van der Waals surface area contributed by atoms with Crippen molar-refractivity contribution in [2.75, 3.05) is 18.8 Å². The first kappa shape index (κ1) is 24.0. The summed E-state index contributed by atoms with van der Waals surface area (Å²) in [5.41, 5.74) is 6.23. The van der Waals surface area contributed by atoms with E-state index in [-0.39, 0.29) is 41.2 Å². The van der Waals surface area contributed by atoms with Gasteiger partial charge in [0.25, 0.3) is 0 Å². The predicted molar refractivity (Wildman–Crippen MR) is 113 cm³/mol. The molecule has 1 saturated carbocycles. The average molecular weight is 461 g/mol. The molecule has 1 atom stereocenters. The number of nitrogens with two attached hydrogens (primary N) is 1. The van der Waals surface area contributed by atoms with Gasteiger partial charge in [0.2, 0.25) is 5.91 Å². The van der Waals surface area contributed by atoms with Crippen LogP contribution in [-0.4, -0.2) is 49.4 Å². The maximum Gasteiger partial charge on any atom is 0.223 e. The van der Waals surface area contributed by atoms with Crippen molar-refractivity contribution in [3.05, 3.63) is 35.1 Å². The normalized spacial score (nSPS) is 20.1. The highest BCUT2D eigenvalue weighted by Gasteiger charge is 2.30. The summed E-state index contributed by atoms with van der Waals surface area (Å²) in [5.74, 6) is -3.41. The fraction of sp³-hybridized carbons (Fsp3) is 0.682. The SMILES string of the molecule is NC(Cc1cc(F)c(F)cc1F)C1CCN(C(=O)CCS(=O)(=O)C2CCCCC2)CC1. The maximum absolute atomic E-state index is 13.9. The van der Waals surface area contributed by atoms with Crippen molar-refractivity contribution in [2.45, 2.75) is 69.1 Å². The number of sulfone groups is 1. The van der Waals surface area contributed by atoms with Gasteiger partial charge < -0.3 is 10.6 Å². The zero-order valence-electron chi connectivity index (χ0n) is 17.7. The van der Waals surface area contributed by atoms with Crippen LogP contribution >= 0.6 is 0 Å². The number of nitrogens with zero attached hydrogens (tertiary/aromatic N) is 1. The quantitative estimate of drug-likeness (QED) is 0.633. The van der Waals surface area contributed by atoms with E-state index in [4.69, 9.17) is 5.73 Å². The number of carbonyl (C=O) groups excluding carboxylic acids is 1. The Morgan fingerprint density at radius 3 is 2.26 bits per heavy atom. The Morgan fingerprint density at radius 1 is 1.00 bits per heavy atom. The molecule has 31 heavy (non-hydrogen) atoms. The summed E-state index contributed by atoms with van der Waals surface area (Å²) >= 11 is 0. The van der Waals surface area contributed by atoms with Gasteiger partial charge in [0.15, 0.2) is 21.5 Å². The van der Waals surface area contributed by atoms with Gasteiger partial charge in [0, 0.05) is 31.6 Å². The topological polar surface area (TPSA) is 80.5 Å². The molecule has 5 nitrogen and oxygen atoms in total. The van der Waals surface area contributed by atoms with E-state index in [0.717, 1.165) is 25.3 Å². The molecule has 1 aliphatic heterocycles. The molecule has 1 saturated heterocycles. The molecular weight excluding hydrogens is 429 g/mol. The Balaban J connectivity index is 1.46. The zero-order valence-corrected chi connectivity index (χ0v) is 18.5. The Labute approximate surface area is 182 Å². The van der Waals surface area contributed by atoms with Crippen molar-refractivity contribution in [3.8, 4) is 0 Å². The smallest absolute Gasteiger partial charge is 0.223 e. The first-order valence-corrected chi connectivity index (χ1v) is 12.8. The number of hydrogen-bond donors (Lipinski definition) is 1. The third-order valence-corrected chi connectivity index (χ3v) is 8.96. The fourth-order valence-corrected chi connectivity index (χ4v) is 6.54. The van der Waals surface area contributed by atoms with E-state index in [1.54, 1.807) is 4.90 Å². The molecule has 0 bridgehead atoms. The van der Waals surface area contributed by atoms with E-state index >= 15 is 0 Å². The molecular formula is C22H31F3N2O3S. The van der Waals surface area contributed by atoms with Gasteiger partial charge >= 0.3 is 0 Å². The minimum Gasteiger partial charge on any atom is -0.343 e. The molecule has 1 aliphatic carbocycles. The third-order valence-electron chi connectivity index (χ3n) is 6.70. The number of hydrogen-bond acceptors (Lipinski definition) is 4. The van der Waals surface area contributed by atoms with Crippen molar-refractivity contribution in [1.82, 2.24) is 4.90 Å². The molecule has 2 fully saturated rings. The largest absolute Gasteiger partial charge is 0.343 e. The van der Waals surface area contributed by atoms with E-state index in [2.05, 4.69) is 0 Å². The second-order valence-corrected chi connectivity index (χ2v) is 11.2. The van der Waals surface area contributed by atoms with Crippen LogP contribution in [0.2, 0.25) is 0 Å². The van der Waals surface area contributed by atoms with Gasteiger partial charge in [-0.3, -0.25) is 4.79 Å². The molecule has 1 amide bonds. The summed E-state index contributed by atoms with van der Waals surface area (Å²) in [6.45, 7) is 0.919. The number of halogens is 3. The van der Waals surface area contributed by atoms with Crippen LogP contribution < -0.4 is 5.73 Å². The lowest BCUT2D eigenvalue weighted by Crippen LogP contribution is -2.44. The Kier molecular flexibility index (Phi) is 8.02. The van der Waals surface area contributed by atoms with Gasteiger partial charge in [-0.1, -0.05) is 19.3 Å². The fourth-order valence-electron chi connectivity index (χ4n) is 4.70. The molecule has 3 rings (SSSR count). The molecule has 174 valence electrons. The summed E-state index contributed by atoms with van der Waals surface area (Å²) in [5, 5.41) is -0.311. The Hall–Kier alpha value is -1.61. The monoisotopic (exact) mass is 460 g/mol. The zero-order chi connectivity index (χ0) is 22.6. The minimum atomic E-state index is -3.25. The molecule has 0 spiro atoms. The summed E-state index contributed by atoms with van der Waals surface area (Å²) in [4.78, 5) is 14.2. The van der Waals surface area contributed by atoms with E-state index in [0.29, 0.717) is 44.8 Å². The average Bonchev–Trinajstić information content (AvgIpc) is 2.76. The molecule has 1 unspecified atom stereocenters. The number of benzene rings is 1. The molecule has 9 heteroatoms. The lowest BCUT2D eigenvalue weighted by molar-refractivity contribution is -0.132. The Morgan fingerprint density at radius 2 is 1.61 bits per heavy atom.